The van der Waals surface area contributed by atoms with Crippen molar-refractivity contribution in [2.75, 3.05) is 31.1 Å². The molecule has 2 unspecified atom stereocenters. The Morgan fingerprint density at radius 1 is 1.07 bits per heavy atom. The van der Waals surface area contributed by atoms with Crippen LogP contribution in [0.15, 0.2) is 86.0 Å². The molecule has 3 aliphatic rings. The first-order valence-electron chi connectivity index (χ1n) is 15.0. The van der Waals surface area contributed by atoms with Gasteiger partial charge in [-0.25, -0.2) is 0 Å². The number of carbonyl (C=O) groups excluding carboxylic acids is 3. The Balaban J connectivity index is 1.60. The van der Waals surface area contributed by atoms with E-state index in [4.69, 9.17) is 4.74 Å². The van der Waals surface area contributed by atoms with Crippen LogP contribution in [-0.2, 0) is 19.1 Å². The Bertz CT molecular complexity index is 1300. The van der Waals surface area contributed by atoms with Crippen molar-refractivity contribution in [1.29, 1.82) is 0 Å². The number of benzene rings is 2. The quantitative estimate of drug-likeness (QED) is 0.365. The van der Waals surface area contributed by atoms with Crippen molar-refractivity contribution >= 4 is 23.4 Å². The molecule has 2 aromatic carbocycles. The highest BCUT2D eigenvalue weighted by Gasteiger charge is 2.75. The van der Waals surface area contributed by atoms with Crippen LogP contribution in [0.1, 0.15) is 44.2 Å². The maximum atomic E-state index is 14.6. The van der Waals surface area contributed by atoms with Crippen LogP contribution in [0.2, 0.25) is 0 Å². The molecule has 0 saturated carbocycles. The number of carbonyl (C=O) groups is 3. The molecule has 3 fully saturated rings. The van der Waals surface area contributed by atoms with Gasteiger partial charge in [0.15, 0.2) is 0 Å². The molecule has 3 aliphatic heterocycles. The third-order valence-corrected chi connectivity index (χ3v) is 9.04. The minimum absolute atomic E-state index is 0.215. The highest BCUT2D eigenvalue weighted by Crippen LogP contribution is 2.60. The summed E-state index contributed by atoms with van der Waals surface area (Å²) in [5, 5.41) is 10.7. The van der Waals surface area contributed by atoms with Crippen LogP contribution in [-0.4, -0.2) is 76.6 Å². The number of amides is 3. The normalized spacial score (nSPS) is 26.5. The Hall–Kier alpha value is -3.75. The molecule has 222 valence electrons. The third kappa shape index (κ3) is 4.96. The van der Waals surface area contributed by atoms with E-state index >= 15 is 0 Å². The molecule has 5 rings (SSSR count). The molecule has 8 heteroatoms. The summed E-state index contributed by atoms with van der Waals surface area (Å²) in [6.07, 6.45) is 5.64. The first-order valence-corrected chi connectivity index (χ1v) is 15.0. The van der Waals surface area contributed by atoms with Crippen molar-refractivity contribution < 1.29 is 24.2 Å². The second-order valence-corrected chi connectivity index (χ2v) is 11.4. The second-order valence-electron chi connectivity index (χ2n) is 11.4. The van der Waals surface area contributed by atoms with Gasteiger partial charge in [0.05, 0.1) is 30.6 Å². The van der Waals surface area contributed by atoms with Gasteiger partial charge in [-0.3, -0.25) is 14.4 Å². The van der Waals surface area contributed by atoms with Gasteiger partial charge in [-0.1, -0.05) is 74.0 Å². The van der Waals surface area contributed by atoms with Gasteiger partial charge in [-0.2, -0.15) is 0 Å². The number of para-hydroxylation sites is 1. The van der Waals surface area contributed by atoms with E-state index in [-0.39, 0.29) is 30.9 Å². The lowest BCUT2D eigenvalue weighted by Gasteiger charge is -2.39. The molecule has 6 atom stereocenters. The zero-order valence-electron chi connectivity index (χ0n) is 24.3. The summed E-state index contributed by atoms with van der Waals surface area (Å²) in [6.45, 7) is 10.5. The maximum Gasteiger partial charge on any atom is 0.248 e. The minimum atomic E-state index is -1.16. The number of ether oxygens (including phenoxy) is 1. The lowest BCUT2D eigenvalue weighted by atomic mass is 9.70. The summed E-state index contributed by atoms with van der Waals surface area (Å²) >= 11 is 0. The van der Waals surface area contributed by atoms with Gasteiger partial charge in [0.1, 0.15) is 11.6 Å². The number of hydrogen-bond acceptors (Lipinski definition) is 5. The number of rotatable bonds is 13. The van der Waals surface area contributed by atoms with Gasteiger partial charge in [-0.15, -0.1) is 13.2 Å². The summed E-state index contributed by atoms with van der Waals surface area (Å²) in [5.74, 6) is -2.37. The van der Waals surface area contributed by atoms with Crippen molar-refractivity contribution in [3.05, 3.63) is 91.5 Å². The SMILES string of the molecule is C=CCN(CCCC)C(=O)C1N([C@H](CO)c2ccccc2)C(=O)[C@@H]2[C@H](C(=O)N(CC=C)c3ccccc3)[C@@H]3CCC12O3. The number of nitrogens with zero attached hydrogens (tertiary/aromatic N) is 3. The summed E-state index contributed by atoms with van der Waals surface area (Å²) in [6, 6.07) is 16.9. The van der Waals surface area contributed by atoms with Crippen LogP contribution in [0, 0.1) is 11.8 Å². The Morgan fingerprint density at radius 2 is 1.74 bits per heavy atom. The Labute approximate surface area is 248 Å². The molecule has 8 nitrogen and oxygen atoms in total. The number of unbranched alkanes of at least 4 members (excludes halogenated alkanes) is 1. The van der Waals surface area contributed by atoms with Crippen molar-refractivity contribution in [2.45, 2.75) is 56.4 Å². The predicted molar refractivity (Wildman–Crippen MR) is 161 cm³/mol. The first-order chi connectivity index (χ1) is 20.4. The zero-order chi connectivity index (χ0) is 29.9. The monoisotopic (exact) mass is 571 g/mol. The van der Waals surface area contributed by atoms with E-state index in [1.54, 1.807) is 22.0 Å². The average molecular weight is 572 g/mol. The van der Waals surface area contributed by atoms with Gasteiger partial charge in [0.25, 0.3) is 0 Å². The summed E-state index contributed by atoms with van der Waals surface area (Å²) in [4.78, 5) is 48.4. The molecule has 1 spiro atoms. The molecule has 1 N–H and O–H groups in total. The molecule has 2 bridgehead atoms. The molecule has 42 heavy (non-hydrogen) atoms. The van der Waals surface area contributed by atoms with E-state index in [1.807, 2.05) is 60.7 Å². The van der Waals surface area contributed by atoms with E-state index in [0.29, 0.717) is 31.6 Å². The number of likely N-dealkylation sites (tertiary alicyclic amines) is 1. The molecule has 0 aliphatic carbocycles. The van der Waals surface area contributed by atoms with E-state index < -0.39 is 35.6 Å². The predicted octanol–water partition coefficient (Wildman–Crippen LogP) is 4.13. The van der Waals surface area contributed by atoms with Crippen LogP contribution in [0.25, 0.3) is 0 Å². The van der Waals surface area contributed by atoms with Crippen LogP contribution < -0.4 is 4.90 Å². The number of aliphatic hydroxyl groups is 1. The molecular formula is C34H41N3O5. The van der Waals surface area contributed by atoms with E-state index in [1.165, 1.54) is 4.90 Å². The zero-order valence-corrected chi connectivity index (χ0v) is 24.3. The molecule has 3 saturated heterocycles. The van der Waals surface area contributed by atoms with Crippen molar-refractivity contribution in [2.24, 2.45) is 11.8 Å². The van der Waals surface area contributed by atoms with Crippen LogP contribution in [0.3, 0.4) is 0 Å². The first kappa shape index (κ1) is 29.7. The maximum absolute atomic E-state index is 14.6. The Kier molecular flexibility index (Phi) is 8.94. The van der Waals surface area contributed by atoms with Crippen molar-refractivity contribution in [1.82, 2.24) is 9.80 Å². The molecule has 2 aromatic rings. The number of hydrogen-bond donors (Lipinski definition) is 1. The van der Waals surface area contributed by atoms with Gasteiger partial charge < -0.3 is 24.5 Å². The lowest BCUT2D eigenvalue weighted by molar-refractivity contribution is -0.151. The summed E-state index contributed by atoms with van der Waals surface area (Å²) < 4.78 is 6.69. The fraction of sp³-hybridized carbons (Fsp3) is 0.441. The smallest absolute Gasteiger partial charge is 0.248 e. The Morgan fingerprint density at radius 3 is 2.36 bits per heavy atom. The fourth-order valence-electron chi connectivity index (χ4n) is 7.23. The van der Waals surface area contributed by atoms with E-state index in [9.17, 15) is 19.5 Å². The van der Waals surface area contributed by atoms with Crippen molar-refractivity contribution in [3.63, 3.8) is 0 Å². The largest absolute Gasteiger partial charge is 0.394 e. The van der Waals surface area contributed by atoms with Gasteiger partial charge in [0.2, 0.25) is 17.7 Å². The lowest BCUT2D eigenvalue weighted by Crippen LogP contribution is -2.57. The highest BCUT2D eigenvalue weighted by molar-refractivity contribution is 6.03. The molecule has 3 heterocycles. The molecule has 0 aromatic heterocycles. The number of fused-ring (bicyclic) bond motifs is 1. The van der Waals surface area contributed by atoms with Crippen LogP contribution in [0.5, 0.6) is 0 Å². The van der Waals surface area contributed by atoms with E-state index in [0.717, 1.165) is 18.4 Å². The fourth-order valence-corrected chi connectivity index (χ4v) is 7.23. The van der Waals surface area contributed by atoms with Gasteiger partial charge >= 0.3 is 0 Å². The van der Waals surface area contributed by atoms with Gasteiger partial charge in [-0.05, 0) is 37.0 Å². The standard InChI is InChI=1S/C34H41N3O5/c1-4-7-22-35(20-5-2)33(41)30-34-19-18-27(42-34)28(31(39)36(21-6-3)25-16-12-9-13-17-25)29(34)32(40)37(30)26(23-38)24-14-10-8-11-15-24/h5-6,8-17,26-30,38H,2-4,7,18-23H2,1H3/t26-,27+,28-,29+,30?,34?/m1/s1. The molecule has 0 radical (unpaired) electrons. The van der Waals surface area contributed by atoms with E-state index in [2.05, 4.69) is 20.1 Å². The highest BCUT2D eigenvalue weighted by atomic mass is 16.5. The topological polar surface area (TPSA) is 90.4 Å². The van der Waals surface area contributed by atoms with Crippen molar-refractivity contribution in [3.8, 4) is 0 Å². The summed E-state index contributed by atoms with van der Waals surface area (Å²) in [7, 11) is 0. The third-order valence-electron chi connectivity index (χ3n) is 9.04. The number of anilines is 1. The summed E-state index contributed by atoms with van der Waals surface area (Å²) in [5.41, 5.74) is 0.272. The van der Waals surface area contributed by atoms with Gasteiger partial charge in [0, 0.05) is 25.3 Å². The minimum Gasteiger partial charge on any atom is -0.394 e. The number of aliphatic hydroxyl groups excluding tert-OH is 1. The second kappa shape index (κ2) is 12.6. The molecule has 3 amide bonds. The van der Waals surface area contributed by atoms with Crippen LogP contribution in [0.4, 0.5) is 5.69 Å². The van der Waals surface area contributed by atoms with Crippen LogP contribution >= 0.6 is 0 Å². The molecular weight excluding hydrogens is 530 g/mol. The average Bonchev–Trinajstić information content (AvgIpc) is 3.66.